The zero-order chi connectivity index (χ0) is 17.6. The van der Waals surface area contributed by atoms with Gasteiger partial charge in [0.05, 0.1) is 12.6 Å². The molecule has 25 heavy (non-hydrogen) atoms. The van der Waals surface area contributed by atoms with Crippen molar-refractivity contribution in [2.45, 2.75) is 32.2 Å². The predicted molar refractivity (Wildman–Crippen MR) is 101 cm³/mol. The molecule has 136 valence electrons. The third-order valence-corrected chi connectivity index (χ3v) is 5.47. The van der Waals surface area contributed by atoms with Gasteiger partial charge in [-0.25, -0.2) is 9.97 Å². The summed E-state index contributed by atoms with van der Waals surface area (Å²) in [6, 6.07) is 4.05. The Kier molecular flexibility index (Phi) is 6.31. The van der Waals surface area contributed by atoms with E-state index in [1.165, 1.54) is 0 Å². The van der Waals surface area contributed by atoms with Crippen molar-refractivity contribution >= 4 is 28.8 Å². The van der Waals surface area contributed by atoms with E-state index in [2.05, 4.69) is 16.5 Å². The topological polar surface area (TPSA) is 60.2 Å². The molecule has 0 N–H and O–H groups in total. The number of nitrogens with zero attached hydrogens (tertiary/aromatic N) is 4. The molecule has 0 spiro atoms. The molecule has 2 aromatic heterocycles. The number of amides is 1. The number of imidazole rings is 1. The lowest BCUT2D eigenvalue weighted by Gasteiger charge is -2.26. The van der Waals surface area contributed by atoms with Crippen LogP contribution < -0.4 is 0 Å². The van der Waals surface area contributed by atoms with Crippen molar-refractivity contribution in [2.75, 3.05) is 38.3 Å². The normalized spacial score (nSPS) is 16.3. The molecule has 1 atom stereocenters. The summed E-state index contributed by atoms with van der Waals surface area (Å²) in [5.74, 6) is 3.37. The molecule has 1 saturated heterocycles. The minimum atomic E-state index is 0.162. The first-order valence-electron chi connectivity index (χ1n) is 8.87. The number of carbonyl (C=O) groups is 1. The summed E-state index contributed by atoms with van der Waals surface area (Å²) >= 11 is 1.92. The summed E-state index contributed by atoms with van der Waals surface area (Å²) in [6.45, 7) is 4.49. The molecule has 0 aromatic carbocycles. The predicted octanol–water partition coefficient (Wildman–Crippen LogP) is 2.54. The monoisotopic (exact) mass is 362 g/mol. The van der Waals surface area contributed by atoms with Crippen LogP contribution in [0.15, 0.2) is 18.3 Å². The summed E-state index contributed by atoms with van der Waals surface area (Å²) in [4.78, 5) is 23.6. The van der Waals surface area contributed by atoms with E-state index in [-0.39, 0.29) is 11.9 Å². The van der Waals surface area contributed by atoms with Crippen LogP contribution in [0.1, 0.15) is 31.6 Å². The lowest BCUT2D eigenvalue weighted by atomic mass is 10.2. The molecule has 7 heteroatoms. The van der Waals surface area contributed by atoms with Crippen LogP contribution >= 0.6 is 11.8 Å². The molecule has 1 aliphatic heterocycles. The summed E-state index contributed by atoms with van der Waals surface area (Å²) in [6.07, 6.45) is 3.96. The number of pyridine rings is 1. The van der Waals surface area contributed by atoms with Gasteiger partial charge < -0.3 is 14.2 Å². The SMILES string of the molecule is COC[C@@H](C)n1c(CCCC(=O)N2CCSCC2)nc2cccnc21. The third kappa shape index (κ3) is 4.33. The molecule has 3 rings (SSSR count). The second-order valence-electron chi connectivity index (χ2n) is 6.40. The average molecular weight is 362 g/mol. The van der Waals surface area contributed by atoms with Crippen molar-refractivity contribution in [1.82, 2.24) is 19.4 Å². The van der Waals surface area contributed by atoms with Gasteiger partial charge in [-0.1, -0.05) is 0 Å². The van der Waals surface area contributed by atoms with Crippen molar-refractivity contribution in [2.24, 2.45) is 0 Å². The Labute approximate surface area is 153 Å². The van der Waals surface area contributed by atoms with Gasteiger partial charge in [0.25, 0.3) is 0 Å². The van der Waals surface area contributed by atoms with E-state index in [9.17, 15) is 4.79 Å². The molecule has 0 bridgehead atoms. The van der Waals surface area contributed by atoms with Crippen LogP contribution in [0.2, 0.25) is 0 Å². The van der Waals surface area contributed by atoms with Crippen LogP contribution in [0, 0.1) is 0 Å². The first kappa shape index (κ1) is 18.2. The molecular weight excluding hydrogens is 336 g/mol. The molecule has 0 unspecified atom stereocenters. The lowest BCUT2D eigenvalue weighted by molar-refractivity contribution is -0.130. The second-order valence-corrected chi connectivity index (χ2v) is 7.62. The molecule has 1 fully saturated rings. The first-order chi connectivity index (χ1) is 12.2. The van der Waals surface area contributed by atoms with E-state index in [1.54, 1.807) is 13.3 Å². The number of aryl methyl sites for hydroxylation is 1. The molecule has 0 aliphatic carbocycles. The largest absolute Gasteiger partial charge is 0.383 e. The van der Waals surface area contributed by atoms with Gasteiger partial charge in [0.1, 0.15) is 11.3 Å². The number of hydrogen-bond acceptors (Lipinski definition) is 5. The lowest BCUT2D eigenvalue weighted by Crippen LogP contribution is -2.37. The van der Waals surface area contributed by atoms with Crippen LogP contribution in [0.5, 0.6) is 0 Å². The standard InChI is InChI=1S/C18H26N4O2S/c1-14(13-24-2)22-16(20-15-5-4-8-19-18(15)22)6-3-7-17(23)21-9-11-25-12-10-21/h4-5,8,14H,3,6-7,9-13H2,1-2H3/t14-/m1/s1. The van der Waals surface area contributed by atoms with E-state index in [0.29, 0.717) is 13.0 Å². The van der Waals surface area contributed by atoms with E-state index >= 15 is 0 Å². The highest BCUT2D eigenvalue weighted by atomic mass is 32.2. The quantitative estimate of drug-likeness (QED) is 0.757. The summed E-state index contributed by atoms with van der Waals surface area (Å²) in [7, 11) is 1.71. The van der Waals surface area contributed by atoms with Gasteiger partial charge in [0, 0.05) is 50.7 Å². The van der Waals surface area contributed by atoms with Crippen LogP contribution in [-0.4, -0.2) is 63.7 Å². The summed E-state index contributed by atoms with van der Waals surface area (Å²) in [5.41, 5.74) is 1.79. The second kappa shape index (κ2) is 8.67. The van der Waals surface area contributed by atoms with Gasteiger partial charge in [0.2, 0.25) is 5.91 Å². The number of fused-ring (bicyclic) bond motifs is 1. The maximum Gasteiger partial charge on any atom is 0.222 e. The van der Waals surface area contributed by atoms with Gasteiger partial charge in [-0.05, 0) is 25.5 Å². The summed E-state index contributed by atoms with van der Waals surface area (Å²) < 4.78 is 7.47. The smallest absolute Gasteiger partial charge is 0.222 e. The fraction of sp³-hybridized carbons (Fsp3) is 0.611. The number of ether oxygens (including phenoxy) is 1. The molecule has 0 saturated carbocycles. The van der Waals surface area contributed by atoms with Crippen LogP contribution in [-0.2, 0) is 16.0 Å². The maximum absolute atomic E-state index is 12.3. The maximum atomic E-state index is 12.3. The summed E-state index contributed by atoms with van der Waals surface area (Å²) in [5, 5.41) is 0. The molecule has 6 nitrogen and oxygen atoms in total. The molecule has 1 amide bonds. The zero-order valence-corrected chi connectivity index (χ0v) is 15.8. The molecule has 3 heterocycles. The molecule has 2 aromatic rings. The number of carbonyl (C=O) groups excluding carboxylic acids is 1. The Morgan fingerprint density at radius 1 is 1.40 bits per heavy atom. The van der Waals surface area contributed by atoms with Crippen LogP contribution in [0.3, 0.4) is 0 Å². The Morgan fingerprint density at radius 2 is 2.20 bits per heavy atom. The Bertz CT molecular complexity index is 712. The van der Waals surface area contributed by atoms with Crippen molar-refractivity contribution < 1.29 is 9.53 Å². The minimum absolute atomic E-state index is 0.162. The van der Waals surface area contributed by atoms with Crippen molar-refractivity contribution in [3.8, 4) is 0 Å². The Balaban J connectivity index is 1.68. The van der Waals surface area contributed by atoms with Gasteiger partial charge in [-0.2, -0.15) is 11.8 Å². The van der Waals surface area contributed by atoms with Crippen LogP contribution in [0.25, 0.3) is 11.2 Å². The van der Waals surface area contributed by atoms with Gasteiger partial charge in [-0.15, -0.1) is 0 Å². The number of hydrogen-bond donors (Lipinski definition) is 0. The Morgan fingerprint density at radius 3 is 2.96 bits per heavy atom. The van der Waals surface area contributed by atoms with E-state index in [0.717, 1.165) is 54.4 Å². The van der Waals surface area contributed by atoms with Crippen LogP contribution in [0.4, 0.5) is 0 Å². The highest BCUT2D eigenvalue weighted by Crippen LogP contribution is 2.21. The van der Waals surface area contributed by atoms with Gasteiger partial charge in [-0.3, -0.25) is 4.79 Å². The third-order valence-electron chi connectivity index (χ3n) is 4.53. The first-order valence-corrected chi connectivity index (χ1v) is 10.0. The highest BCUT2D eigenvalue weighted by molar-refractivity contribution is 7.99. The Hall–Kier alpha value is -1.60. The highest BCUT2D eigenvalue weighted by Gasteiger charge is 2.19. The fourth-order valence-corrected chi connectivity index (χ4v) is 4.20. The minimum Gasteiger partial charge on any atom is -0.383 e. The van der Waals surface area contributed by atoms with Crippen molar-refractivity contribution in [1.29, 1.82) is 0 Å². The number of methoxy groups -OCH3 is 1. The van der Waals surface area contributed by atoms with Gasteiger partial charge in [0.15, 0.2) is 5.65 Å². The van der Waals surface area contributed by atoms with Gasteiger partial charge >= 0.3 is 0 Å². The number of aromatic nitrogens is 3. The van der Waals surface area contributed by atoms with Crippen molar-refractivity contribution in [3.05, 3.63) is 24.2 Å². The zero-order valence-electron chi connectivity index (χ0n) is 15.0. The molecular formula is C18H26N4O2S. The average Bonchev–Trinajstić information content (AvgIpc) is 3.01. The van der Waals surface area contributed by atoms with E-state index < -0.39 is 0 Å². The van der Waals surface area contributed by atoms with Crippen molar-refractivity contribution in [3.63, 3.8) is 0 Å². The fourth-order valence-electron chi connectivity index (χ4n) is 3.30. The molecule has 1 aliphatic rings. The van der Waals surface area contributed by atoms with E-state index in [1.807, 2.05) is 28.8 Å². The number of thioether (sulfide) groups is 1. The number of rotatable bonds is 7. The van der Waals surface area contributed by atoms with E-state index in [4.69, 9.17) is 9.72 Å². The molecule has 0 radical (unpaired) electrons.